The highest BCUT2D eigenvalue weighted by Crippen LogP contribution is 2.25. The number of hydrogen-bond donors (Lipinski definition) is 1. The molecule has 1 amide bonds. The van der Waals surface area contributed by atoms with E-state index in [2.05, 4.69) is 10.3 Å². The zero-order valence-corrected chi connectivity index (χ0v) is 14.1. The molecule has 0 aliphatic carbocycles. The Kier molecular flexibility index (Phi) is 5.81. The lowest BCUT2D eigenvalue weighted by Crippen LogP contribution is -2.17. The van der Waals surface area contributed by atoms with Gasteiger partial charge in [0.1, 0.15) is 0 Å². The fourth-order valence-corrected chi connectivity index (χ4v) is 2.72. The topological polar surface area (TPSA) is 73.2 Å². The lowest BCUT2D eigenvalue weighted by molar-refractivity contribution is -0.114. The standard InChI is InChI=1S/C16H19N3O3S/c1-4-22-15(21)13-14(17-11(2)20)18-16(23-3)19(13)10-12-8-6-5-7-9-12/h5-9H,4,10H2,1-3H3,(H,17,20). The van der Waals surface area contributed by atoms with Crippen molar-refractivity contribution in [2.45, 2.75) is 25.5 Å². The maximum absolute atomic E-state index is 12.3. The number of aromatic nitrogens is 2. The van der Waals surface area contributed by atoms with Crippen LogP contribution < -0.4 is 5.32 Å². The molecule has 6 nitrogen and oxygen atoms in total. The van der Waals surface area contributed by atoms with Gasteiger partial charge in [-0.3, -0.25) is 4.79 Å². The Balaban J connectivity index is 2.50. The third-order valence-electron chi connectivity index (χ3n) is 3.06. The van der Waals surface area contributed by atoms with Crippen LogP contribution in [0.4, 0.5) is 5.82 Å². The van der Waals surface area contributed by atoms with Crippen molar-refractivity contribution in [1.29, 1.82) is 0 Å². The highest BCUT2D eigenvalue weighted by Gasteiger charge is 2.24. The molecule has 0 aliphatic rings. The Morgan fingerprint density at radius 3 is 2.57 bits per heavy atom. The van der Waals surface area contributed by atoms with E-state index in [4.69, 9.17) is 4.74 Å². The highest BCUT2D eigenvalue weighted by atomic mass is 32.2. The number of amides is 1. The van der Waals surface area contributed by atoms with Crippen LogP contribution in [-0.4, -0.2) is 34.3 Å². The average Bonchev–Trinajstić information content (AvgIpc) is 2.85. The van der Waals surface area contributed by atoms with Crippen molar-refractivity contribution in [1.82, 2.24) is 9.55 Å². The summed E-state index contributed by atoms with van der Waals surface area (Å²) in [5.41, 5.74) is 1.29. The normalized spacial score (nSPS) is 10.4. The van der Waals surface area contributed by atoms with Crippen molar-refractivity contribution in [3.8, 4) is 0 Å². The Morgan fingerprint density at radius 1 is 1.30 bits per heavy atom. The molecule has 1 N–H and O–H groups in total. The summed E-state index contributed by atoms with van der Waals surface area (Å²) in [6.07, 6.45) is 1.87. The van der Waals surface area contributed by atoms with Gasteiger partial charge in [0.05, 0.1) is 13.2 Å². The number of nitrogens with zero attached hydrogens (tertiary/aromatic N) is 2. The van der Waals surface area contributed by atoms with E-state index in [0.717, 1.165) is 5.56 Å². The second-order valence-electron chi connectivity index (χ2n) is 4.77. The molecule has 0 saturated carbocycles. The summed E-state index contributed by atoms with van der Waals surface area (Å²) in [6, 6.07) is 9.74. The van der Waals surface area contributed by atoms with Gasteiger partial charge in [-0.1, -0.05) is 42.1 Å². The van der Waals surface area contributed by atoms with Gasteiger partial charge < -0.3 is 14.6 Å². The van der Waals surface area contributed by atoms with Gasteiger partial charge in [0.2, 0.25) is 5.91 Å². The van der Waals surface area contributed by atoms with Gasteiger partial charge in [-0.2, -0.15) is 0 Å². The molecule has 0 bridgehead atoms. The van der Waals surface area contributed by atoms with Crippen LogP contribution in [0.25, 0.3) is 0 Å². The van der Waals surface area contributed by atoms with E-state index in [1.54, 1.807) is 11.5 Å². The molecule has 1 aromatic carbocycles. The van der Waals surface area contributed by atoms with Crippen molar-refractivity contribution in [2.75, 3.05) is 18.2 Å². The maximum Gasteiger partial charge on any atom is 0.358 e. The van der Waals surface area contributed by atoms with Crippen LogP contribution in [0.2, 0.25) is 0 Å². The molecule has 0 saturated heterocycles. The predicted octanol–water partition coefficient (Wildman–Crippen LogP) is 2.79. The van der Waals surface area contributed by atoms with E-state index in [-0.39, 0.29) is 24.0 Å². The maximum atomic E-state index is 12.3. The van der Waals surface area contributed by atoms with Crippen LogP contribution >= 0.6 is 11.8 Å². The van der Waals surface area contributed by atoms with Gasteiger partial charge in [-0.25, -0.2) is 9.78 Å². The van der Waals surface area contributed by atoms with Gasteiger partial charge in [0, 0.05) is 6.92 Å². The quantitative estimate of drug-likeness (QED) is 0.650. The number of esters is 1. The first-order valence-corrected chi connectivity index (χ1v) is 8.42. The Bertz CT molecular complexity index is 698. The van der Waals surface area contributed by atoms with E-state index >= 15 is 0 Å². The Labute approximate surface area is 139 Å². The molecule has 1 aromatic heterocycles. The van der Waals surface area contributed by atoms with Crippen LogP contribution in [0.3, 0.4) is 0 Å². The molecule has 1 heterocycles. The molecule has 2 aromatic rings. The summed E-state index contributed by atoms with van der Waals surface area (Å²) in [5.74, 6) is -0.552. The van der Waals surface area contributed by atoms with E-state index in [0.29, 0.717) is 11.7 Å². The van der Waals surface area contributed by atoms with E-state index < -0.39 is 5.97 Å². The van der Waals surface area contributed by atoms with E-state index in [1.807, 2.05) is 36.6 Å². The number of imidazole rings is 1. The number of carbonyl (C=O) groups excluding carboxylic acids is 2. The molecule has 2 rings (SSSR count). The second-order valence-corrected chi connectivity index (χ2v) is 5.54. The molecule has 122 valence electrons. The molecular weight excluding hydrogens is 314 g/mol. The molecule has 0 unspecified atom stereocenters. The molecular formula is C16H19N3O3S. The number of thioether (sulfide) groups is 1. The Hall–Kier alpha value is -2.28. The minimum absolute atomic E-state index is 0.233. The summed E-state index contributed by atoms with van der Waals surface area (Å²) >= 11 is 1.41. The largest absolute Gasteiger partial charge is 0.461 e. The van der Waals surface area contributed by atoms with Gasteiger partial charge in [-0.05, 0) is 18.7 Å². The van der Waals surface area contributed by atoms with Gasteiger partial charge in [-0.15, -0.1) is 0 Å². The first kappa shape index (κ1) is 17.1. The molecule has 0 radical (unpaired) electrons. The first-order chi connectivity index (χ1) is 11.1. The third-order valence-corrected chi connectivity index (χ3v) is 3.74. The van der Waals surface area contributed by atoms with Crippen LogP contribution in [0.5, 0.6) is 0 Å². The summed E-state index contributed by atoms with van der Waals surface area (Å²) in [6.45, 7) is 3.84. The fourth-order valence-electron chi connectivity index (χ4n) is 2.16. The summed E-state index contributed by atoms with van der Waals surface area (Å²) < 4.78 is 6.89. The van der Waals surface area contributed by atoms with Gasteiger partial charge in [0.15, 0.2) is 16.7 Å². The average molecular weight is 333 g/mol. The van der Waals surface area contributed by atoms with Crippen molar-refractivity contribution < 1.29 is 14.3 Å². The van der Waals surface area contributed by atoms with Crippen molar-refractivity contribution >= 4 is 29.5 Å². The zero-order chi connectivity index (χ0) is 16.8. The molecule has 0 aliphatic heterocycles. The number of ether oxygens (including phenoxy) is 1. The SMILES string of the molecule is CCOC(=O)c1c(NC(C)=O)nc(SC)n1Cc1ccccc1. The summed E-state index contributed by atoms with van der Waals surface area (Å²) in [5, 5.41) is 3.25. The van der Waals surface area contributed by atoms with Crippen molar-refractivity contribution in [3.05, 3.63) is 41.6 Å². The molecule has 7 heteroatoms. The fraction of sp³-hybridized carbons (Fsp3) is 0.312. The zero-order valence-electron chi connectivity index (χ0n) is 13.3. The monoisotopic (exact) mass is 333 g/mol. The highest BCUT2D eigenvalue weighted by molar-refractivity contribution is 7.98. The Morgan fingerprint density at radius 2 is 2.00 bits per heavy atom. The lowest BCUT2D eigenvalue weighted by atomic mass is 10.2. The number of benzene rings is 1. The van der Waals surface area contributed by atoms with E-state index in [9.17, 15) is 9.59 Å². The van der Waals surface area contributed by atoms with Crippen molar-refractivity contribution in [2.24, 2.45) is 0 Å². The second kappa shape index (κ2) is 7.82. The number of carbonyl (C=O) groups is 2. The smallest absolute Gasteiger partial charge is 0.358 e. The van der Waals surface area contributed by atoms with Gasteiger partial charge in [0.25, 0.3) is 0 Å². The summed E-state index contributed by atoms with van der Waals surface area (Å²) in [4.78, 5) is 28.1. The number of anilines is 1. The van der Waals surface area contributed by atoms with E-state index in [1.165, 1.54) is 18.7 Å². The predicted molar refractivity (Wildman–Crippen MR) is 89.8 cm³/mol. The number of hydrogen-bond acceptors (Lipinski definition) is 5. The van der Waals surface area contributed by atoms with Gasteiger partial charge >= 0.3 is 5.97 Å². The summed E-state index contributed by atoms with van der Waals surface area (Å²) in [7, 11) is 0. The lowest BCUT2D eigenvalue weighted by Gasteiger charge is -2.11. The molecule has 0 fully saturated rings. The van der Waals surface area contributed by atoms with Crippen LogP contribution in [0.15, 0.2) is 35.5 Å². The number of rotatable bonds is 6. The number of nitrogens with one attached hydrogen (secondary N) is 1. The molecule has 23 heavy (non-hydrogen) atoms. The van der Waals surface area contributed by atoms with Crippen molar-refractivity contribution in [3.63, 3.8) is 0 Å². The minimum Gasteiger partial charge on any atom is -0.461 e. The first-order valence-electron chi connectivity index (χ1n) is 7.20. The van der Waals surface area contributed by atoms with Crippen LogP contribution in [0.1, 0.15) is 29.9 Å². The molecule has 0 atom stereocenters. The molecule has 0 spiro atoms. The van der Waals surface area contributed by atoms with Crippen LogP contribution in [0, 0.1) is 0 Å². The minimum atomic E-state index is -0.500. The van der Waals surface area contributed by atoms with Crippen LogP contribution in [-0.2, 0) is 16.1 Å². The third kappa shape index (κ3) is 4.13.